The maximum atomic E-state index is 6.57. The van der Waals surface area contributed by atoms with Gasteiger partial charge in [0.1, 0.15) is 0 Å². The molecule has 18 heavy (non-hydrogen) atoms. The Balaban J connectivity index is 2.34. The van der Waals surface area contributed by atoms with E-state index in [-0.39, 0.29) is 0 Å². The third kappa shape index (κ3) is 2.74. The summed E-state index contributed by atoms with van der Waals surface area (Å²) < 4.78 is 0. The van der Waals surface area contributed by atoms with Crippen LogP contribution in [0.2, 0.25) is 5.02 Å². The largest absolute Gasteiger partial charge is 0.321 e. The lowest BCUT2D eigenvalue weighted by Crippen LogP contribution is -2.38. The zero-order valence-electron chi connectivity index (χ0n) is 10.6. The number of hydrogen-bond acceptors (Lipinski definition) is 1. The minimum absolute atomic E-state index is 0.403. The van der Waals surface area contributed by atoms with Crippen LogP contribution in [0.25, 0.3) is 0 Å². The molecule has 2 rings (SSSR count). The molecule has 0 aliphatic heterocycles. The van der Waals surface area contributed by atoms with E-state index < -0.39 is 5.54 Å². The SMILES string of the molecule is CCC(N)(Cc1ccccc1)c1ccccc1Cl. The van der Waals surface area contributed by atoms with E-state index in [1.165, 1.54) is 5.56 Å². The van der Waals surface area contributed by atoms with Crippen LogP contribution in [0.1, 0.15) is 24.5 Å². The summed E-state index contributed by atoms with van der Waals surface area (Å²) in [7, 11) is 0. The smallest absolute Gasteiger partial charge is 0.0462 e. The van der Waals surface area contributed by atoms with Crippen LogP contribution >= 0.6 is 11.6 Å². The number of rotatable bonds is 4. The molecule has 0 bridgehead atoms. The van der Waals surface area contributed by atoms with Gasteiger partial charge in [0.15, 0.2) is 0 Å². The quantitative estimate of drug-likeness (QED) is 0.877. The summed E-state index contributed by atoms with van der Waals surface area (Å²) in [6, 6.07) is 18.2. The van der Waals surface area contributed by atoms with Gasteiger partial charge in [-0.25, -0.2) is 0 Å². The molecular formula is C16H18ClN. The van der Waals surface area contributed by atoms with Crippen molar-refractivity contribution in [1.29, 1.82) is 0 Å². The highest BCUT2D eigenvalue weighted by molar-refractivity contribution is 6.31. The predicted molar refractivity (Wildman–Crippen MR) is 77.8 cm³/mol. The third-order valence-electron chi connectivity index (χ3n) is 3.40. The Morgan fingerprint density at radius 1 is 1.00 bits per heavy atom. The Hall–Kier alpha value is -1.31. The normalized spacial score (nSPS) is 14.2. The standard InChI is InChI=1S/C16H18ClN/c1-2-16(18,12-13-8-4-3-5-9-13)14-10-6-7-11-15(14)17/h3-11H,2,12,18H2,1H3. The van der Waals surface area contributed by atoms with Crippen molar-refractivity contribution < 1.29 is 0 Å². The Kier molecular flexibility index (Phi) is 4.05. The molecule has 0 aliphatic rings. The van der Waals surface area contributed by atoms with Crippen molar-refractivity contribution in [1.82, 2.24) is 0 Å². The fourth-order valence-corrected chi connectivity index (χ4v) is 2.56. The molecule has 0 amide bonds. The van der Waals surface area contributed by atoms with Crippen LogP contribution < -0.4 is 5.73 Å². The van der Waals surface area contributed by atoms with E-state index >= 15 is 0 Å². The highest BCUT2D eigenvalue weighted by atomic mass is 35.5. The van der Waals surface area contributed by atoms with Gasteiger partial charge >= 0.3 is 0 Å². The Morgan fingerprint density at radius 3 is 2.22 bits per heavy atom. The summed E-state index contributed by atoms with van der Waals surface area (Å²) in [5.41, 5.74) is 8.43. The van der Waals surface area contributed by atoms with Crippen LogP contribution in [0.4, 0.5) is 0 Å². The van der Waals surface area contributed by atoms with E-state index in [2.05, 4.69) is 19.1 Å². The molecule has 0 saturated heterocycles. The van der Waals surface area contributed by atoms with Crippen molar-refractivity contribution in [3.63, 3.8) is 0 Å². The first kappa shape index (κ1) is 13.1. The predicted octanol–water partition coefficient (Wildman–Crippen LogP) is 4.15. The highest BCUT2D eigenvalue weighted by Crippen LogP contribution is 2.31. The summed E-state index contributed by atoms with van der Waals surface area (Å²) in [5.74, 6) is 0. The molecule has 1 atom stereocenters. The second kappa shape index (κ2) is 5.55. The molecule has 0 saturated carbocycles. The second-order valence-electron chi connectivity index (χ2n) is 4.65. The van der Waals surface area contributed by atoms with Crippen LogP contribution in [0.15, 0.2) is 54.6 Å². The van der Waals surface area contributed by atoms with Gasteiger partial charge < -0.3 is 5.73 Å². The molecule has 0 heterocycles. The first-order valence-electron chi connectivity index (χ1n) is 6.23. The molecule has 2 aromatic carbocycles. The molecule has 0 fully saturated rings. The average Bonchev–Trinajstić information content (AvgIpc) is 2.40. The highest BCUT2D eigenvalue weighted by Gasteiger charge is 2.27. The first-order valence-corrected chi connectivity index (χ1v) is 6.61. The van der Waals surface area contributed by atoms with Gasteiger partial charge in [0.25, 0.3) is 0 Å². The van der Waals surface area contributed by atoms with Crippen LogP contribution in [-0.4, -0.2) is 0 Å². The van der Waals surface area contributed by atoms with E-state index in [9.17, 15) is 0 Å². The molecule has 1 nitrogen and oxygen atoms in total. The molecule has 2 aromatic rings. The van der Waals surface area contributed by atoms with Gasteiger partial charge in [-0.2, -0.15) is 0 Å². The Morgan fingerprint density at radius 2 is 1.61 bits per heavy atom. The van der Waals surface area contributed by atoms with Crippen molar-refractivity contribution in [2.24, 2.45) is 5.73 Å². The summed E-state index contributed by atoms with van der Waals surface area (Å²) in [4.78, 5) is 0. The molecule has 0 radical (unpaired) electrons. The topological polar surface area (TPSA) is 26.0 Å². The van der Waals surface area contributed by atoms with Gasteiger partial charge in [-0.1, -0.05) is 67.1 Å². The van der Waals surface area contributed by atoms with E-state index in [0.717, 1.165) is 23.4 Å². The van der Waals surface area contributed by atoms with Crippen LogP contribution in [0.3, 0.4) is 0 Å². The number of hydrogen-bond donors (Lipinski definition) is 1. The van der Waals surface area contributed by atoms with Gasteiger partial charge in [0, 0.05) is 10.6 Å². The zero-order valence-corrected chi connectivity index (χ0v) is 11.3. The molecule has 0 spiro atoms. The fourth-order valence-electron chi connectivity index (χ4n) is 2.24. The van der Waals surface area contributed by atoms with Crippen LogP contribution in [0.5, 0.6) is 0 Å². The van der Waals surface area contributed by atoms with E-state index in [4.69, 9.17) is 17.3 Å². The van der Waals surface area contributed by atoms with Crippen LogP contribution in [0, 0.1) is 0 Å². The Bertz CT molecular complexity index is 510. The van der Waals surface area contributed by atoms with Gasteiger partial charge in [-0.15, -0.1) is 0 Å². The zero-order chi connectivity index (χ0) is 13.0. The van der Waals surface area contributed by atoms with E-state index in [1.54, 1.807) is 0 Å². The van der Waals surface area contributed by atoms with Crippen molar-refractivity contribution in [2.75, 3.05) is 0 Å². The molecule has 2 heteroatoms. The molecular weight excluding hydrogens is 242 g/mol. The minimum Gasteiger partial charge on any atom is -0.321 e. The van der Waals surface area contributed by atoms with Crippen molar-refractivity contribution >= 4 is 11.6 Å². The van der Waals surface area contributed by atoms with E-state index in [1.807, 2.05) is 42.5 Å². The lowest BCUT2D eigenvalue weighted by atomic mass is 9.82. The lowest BCUT2D eigenvalue weighted by Gasteiger charge is -2.30. The molecule has 1 unspecified atom stereocenters. The Labute approximate surface area is 114 Å². The second-order valence-corrected chi connectivity index (χ2v) is 5.06. The monoisotopic (exact) mass is 259 g/mol. The van der Waals surface area contributed by atoms with Crippen LogP contribution in [-0.2, 0) is 12.0 Å². The molecule has 94 valence electrons. The third-order valence-corrected chi connectivity index (χ3v) is 3.73. The summed E-state index contributed by atoms with van der Waals surface area (Å²) in [6.07, 6.45) is 1.65. The fraction of sp³-hybridized carbons (Fsp3) is 0.250. The van der Waals surface area contributed by atoms with Crippen molar-refractivity contribution in [3.05, 3.63) is 70.7 Å². The molecule has 2 N–H and O–H groups in total. The van der Waals surface area contributed by atoms with E-state index in [0.29, 0.717) is 0 Å². The summed E-state index contributed by atoms with van der Waals surface area (Å²) >= 11 is 6.27. The van der Waals surface area contributed by atoms with Gasteiger partial charge in [0.2, 0.25) is 0 Å². The average molecular weight is 260 g/mol. The van der Waals surface area contributed by atoms with Gasteiger partial charge in [-0.3, -0.25) is 0 Å². The van der Waals surface area contributed by atoms with Crippen molar-refractivity contribution in [3.8, 4) is 0 Å². The number of nitrogens with two attached hydrogens (primary N) is 1. The van der Waals surface area contributed by atoms with Gasteiger partial charge in [0.05, 0.1) is 0 Å². The summed E-state index contributed by atoms with van der Waals surface area (Å²) in [6.45, 7) is 2.10. The maximum absolute atomic E-state index is 6.57. The van der Waals surface area contributed by atoms with Crippen molar-refractivity contribution in [2.45, 2.75) is 25.3 Å². The molecule has 0 aromatic heterocycles. The molecule has 0 aliphatic carbocycles. The first-order chi connectivity index (χ1) is 8.65. The summed E-state index contributed by atoms with van der Waals surface area (Å²) in [5, 5.41) is 0.748. The van der Waals surface area contributed by atoms with Gasteiger partial charge in [-0.05, 0) is 30.0 Å². The maximum Gasteiger partial charge on any atom is 0.0462 e. The lowest BCUT2D eigenvalue weighted by molar-refractivity contribution is 0.425. The minimum atomic E-state index is -0.403. The number of halogens is 1. The number of benzene rings is 2.